The molecule has 0 spiro atoms. The van der Waals surface area contributed by atoms with Crippen LogP contribution in [0.1, 0.15) is 11.3 Å². The van der Waals surface area contributed by atoms with Gasteiger partial charge in [0.2, 0.25) is 0 Å². The molecule has 0 aliphatic rings. The van der Waals surface area contributed by atoms with E-state index in [1.807, 2.05) is 35.9 Å². The fourth-order valence-corrected chi connectivity index (χ4v) is 2.78. The van der Waals surface area contributed by atoms with Gasteiger partial charge in [-0.3, -0.25) is 0 Å². The highest BCUT2D eigenvalue weighted by atomic mass is 32.2. The molecule has 0 aliphatic carbocycles. The van der Waals surface area contributed by atoms with Crippen molar-refractivity contribution in [3.63, 3.8) is 0 Å². The van der Waals surface area contributed by atoms with Crippen molar-refractivity contribution in [1.82, 2.24) is 4.57 Å². The Balaban J connectivity index is 2.57. The summed E-state index contributed by atoms with van der Waals surface area (Å²) in [6, 6.07) is 7.85. The third kappa shape index (κ3) is 2.50. The van der Waals surface area contributed by atoms with Gasteiger partial charge < -0.3 is 10.3 Å². The van der Waals surface area contributed by atoms with Crippen LogP contribution in [0.25, 0.3) is 10.9 Å². The van der Waals surface area contributed by atoms with E-state index in [2.05, 4.69) is 0 Å². The number of hydrogen-bond donors (Lipinski definition) is 1. The molecule has 1 heterocycles. The largest absolute Gasteiger partial charge is 0.347 e. The molecule has 0 unspecified atom stereocenters. The molecule has 0 saturated heterocycles. The molecule has 2 rings (SSSR count). The van der Waals surface area contributed by atoms with Gasteiger partial charge in [0.1, 0.15) is 0 Å². The highest BCUT2D eigenvalue weighted by Gasteiger charge is 2.11. The van der Waals surface area contributed by atoms with Gasteiger partial charge in [0.25, 0.3) is 0 Å². The topological polar surface area (TPSA) is 65.1 Å². The average molecular weight is 252 g/mol. The van der Waals surface area contributed by atoms with Gasteiger partial charge in [-0.25, -0.2) is 8.42 Å². The summed E-state index contributed by atoms with van der Waals surface area (Å²) in [4.78, 5) is 0. The van der Waals surface area contributed by atoms with Crippen LogP contribution in [0, 0.1) is 0 Å². The lowest BCUT2D eigenvalue weighted by Gasteiger charge is -2.03. The van der Waals surface area contributed by atoms with Gasteiger partial charge in [-0.15, -0.1) is 0 Å². The van der Waals surface area contributed by atoms with Crippen LogP contribution < -0.4 is 5.73 Å². The quantitative estimate of drug-likeness (QED) is 0.892. The molecule has 0 amide bonds. The van der Waals surface area contributed by atoms with E-state index in [-0.39, 0.29) is 5.75 Å². The smallest absolute Gasteiger partial charge is 0.153 e. The molecule has 0 aliphatic heterocycles. The third-order valence-corrected chi connectivity index (χ3v) is 3.68. The summed E-state index contributed by atoms with van der Waals surface area (Å²) in [6.45, 7) is 0.489. The molecule has 2 N–H and O–H groups in total. The number of fused-ring (bicyclic) bond motifs is 1. The lowest BCUT2D eigenvalue weighted by atomic mass is 10.1. The number of rotatable bonds is 3. The Kier molecular flexibility index (Phi) is 2.97. The third-order valence-electron chi connectivity index (χ3n) is 2.85. The van der Waals surface area contributed by atoms with Gasteiger partial charge >= 0.3 is 0 Å². The Morgan fingerprint density at radius 2 is 2.00 bits per heavy atom. The minimum Gasteiger partial charge on any atom is -0.347 e. The monoisotopic (exact) mass is 252 g/mol. The summed E-state index contributed by atoms with van der Waals surface area (Å²) >= 11 is 0. The van der Waals surface area contributed by atoms with E-state index in [9.17, 15) is 8.42 Å². The first-order valence-corrected chi connectivity index (χ1v) is 7.42. The SMILES string of the molecule is Cn1c(CS(C)(=O)=O)cc2ccc(CN)cc21. The van der Waals surface area contributed by atoms with Crippen LogP contribution in [0.5, 0.6) is 0 Å². The summed E-state index contributed by atoms with van der Waals surface area (Å²) in [7, 11) is -1.13. The normalized spacial score (nSPS) is 12.2. The van der Waals surface area contributed by atoms with Crippen LogP contribution in [0.3, 0.4) is 0 Å². The zero-order valence-electron chi connectivity index (χ0n) is 9.97. The molecule has 5 heteroatoms. The number of nitrogens with two attached hydrogens (primary N) is 1. The van der Waals surface area contributed by atoms with Crippen LogP contribution in [-0.2, 0) is 29.2 Å². The molecule has 1 aromatic heterocycles. The molecule has 0 fully saturated rings. The van der Waals surface area contributed by atoms with Crippen molar-refractivity contribution in [3.8, 4) is 0 Å². The number of hydrogen-bond acceptors (Lipinski definition) is 3. The fourth-order valence-electron chi connectivity index (χ4n) is 1.97. The Bertz CT molecular complexity index is 656. The van der Waals surface area contributed by atoms with Gasteiger partial charge in [0, 0.05) is 31.1 Å². The molecule has 0 bridgehead atoms. The van der Waals surface area contributed by atoms with Crippen molar-refractivity contribution < 1.29 is 8.42 Å². The zero-order valence-corrected chi connectivity index (χ0v) is 10.8. The highest BCUT2D eigenvalue weighted by Crippen LogP contribution is 2.21. The Labute approximate surface area is 101 Å². The van der Waals surface area contributed by atoms with Crippen molar-refractivity contribution in [1.29, 1.82) is 0 Å². The van der Waals surface area contributed by atoms with Crippen LogP contribution >= 0.6 is 0 Å². The Morgan fingerprint density at radius 3 is 2.59 bits per heavy atom. The number of nitrogens with zero attached hydrogens (tertiary/aromatic N) is 1. The van der Waals surface area contributed by atoms with Crippen molar-refractivity contribution in [2.45, 2.75) is 12.3 Å². The fraction of sp³-hybridized carbons (Fsp3) is 0.333. The second-order valence-corrected chi connectivity index (χ2v) is 6.50. The maximum Gasteiger partial charge on any atom is 0.153 e. The predicted molar refractivity (Wildman–Crippen MR) is 69.4 cm³/mol. The van der Waals surface area contributed by atoms with Crippen LogP contribution in [-0.4, -0.2) is 19.2 Å². The van der Waals surface area contributed by atoms with E-state index in [0.29, 0.717) is 6.54 Å². The van der Waals surface area contributed by atoms with Gasteiger partial charge in [-0.05, 0) is 23.1 Å². The second-order valence-electron chi connectivity index (χ2n) is 4.36. The number of aromatic nitrogens is 1. The summed E-state index contributed by atoms with van der Waals surface area (Å²) in [6.07, 6.45) is 1.25. The molecule has 0 saturated carbocycles. The van der Waals surface area contributed by atoms with Gasteiger partial charge in [-0.2, -0.15) is 0 Å². The van der Waals surface area contributed by atoms with E-state index in [1.54, 1.807) is 0 Å². The standard InChI is InChI=1S/C12H16N2O2S/c1-14-11(8-17(2,15)16)6-10-4-3-9(7-13)5-12(10)14/h3-6H,7-8,13H2,1-2H3. The summed E-state index contributed by atoms with van der Waals surface area (Å²) in [5.74, 6) is 0.0656. The van der Waals surface area contributed by atoms with Crippen molar-refractivity contribution >= 4 is 20.7 Å². The number of sulfone groups is 1. The second kappa shape index (κ2) is 4.16. The zero-order chi connectivity index (χ0) is 12.6. The summed E-state index contributed by atoms with van der Waals surface area (Å²) in [5.41, 5.74) is 8.46. The predicted octanol–water partition coefficient (Wildman–Crippen LogP) is 1.18. The summed E-state index contributed by atoms with van der Waals surface area (Å²) in [5, 5.41) is 1.04. The average Bonchev–Trinajstić information content (AvgIpc) is 2.53. The molecule has 17 heavy (non-hydrogen) atoms. The van der Waals surface area contributed by atoms with Crippen LogP contribution in [0.2, 0.25) is 0 Å². The van der Waals surface area contributed by atoms with Gasteiger partial charge in [0.05, 0.1) is 5.75 Å². The molecule has 2 aromatic rings. The van der Waals surface area contributed by atoms with Crippen molar-refractivity contribution in [3.05, 3.63) is 35.5 Å². The maximum atomic E-state index is 11.3. The number of benzene rings is 1. The van der Waals surface area contributed by atoms with Gasteiger partial charge in [0.15, 0.2) is 9.84 Å². The van der Waals surface area contributed by atoms with Gasteiger partial charge in [-0.1, -0.05) is 12.1 Å². The first kappa shape index (κ1) is 12.1. The molecule has 0 radical (unpaired) electrons. The minimum atomic E-state index is -3.01. The molecular formula is C12H16N2O2S. The van der Waals surface area contributed by atoms with Crippen LogP contribution in [0.15, 0.2) is 24.3 Å². The lowest BCUT2D eigenvalue weighted by Crippen LogP contribution is -2.05. The van der Waals surface area contributed by atoms with E-state index in [4.69, 9.17) is 5.73 Å². The Morgan fingerprint density at radius 1 is 1.29 bits per heavy atom. The first-order chi connectivity index (χ1) is 7.90. The Hall–Kier alpha value is -1.33. The first-order valence-electron chi connectivity index (χ1n) is 5.36. The molecule has 92 valence electrons. The molecule has 4 nitrogen and oxygen atoms in total. The van der Waals surface area contributed by atoms with E-state index < -0.39 is 9.84 Å². The summed E-state index contributed by atoms with van der Waals surface area (Å²) < 4.78 is 24.6. The van der Waals surface area contributed by atoms with Crippen LogP contribution in [0.4, 0.5) is 0 Å². The molecular weight excluding hydrogens is 236 g/mol. The van der Waals surface area contributed by atoms with Crippen molar-refractivity contribution in [2.24, 2.45) is 12.8 Å². The highest BCUT2D eigenvalue weighted by molar-refractivity contribution is 7.89. The van der Waals surface area contributed by atoms with Crippen molar-refractivity contribution in [2.75, 3.05) is 6.26 Å². The maximum absolute atomic E-state index is 11.3. The molecule has 1 aromatic carbocycles. The van der Waals surface area contributed by atoms with E-state index >= 15 is 0 Å². The molecule has 0 atom stereocenters. The van der Waals surface area contributed by atoms with E-state index in [1.165, 1.54) is 6.26 Å². The lowest BCUT2D eigenvalue weighted by molar-refractivity contribution is 0.599. The number of aryl methyl sites for hydroxylation is 1. The minimum absolute atomic E-state index is 0.0656. The van der Waals surface area contributed by atoms with E-state index in [0.717, 1.165) is 22.2 Å².